The van der Waals surface area contributed by atoms with Crippen molar-refractivity contribution in [1.82, 2.24) is 9.62 Å². The lowest BCUT2D eigenvalue weighted by molar-refractivity contribution is 0.415. The number of sulfonamides is 1. The smallest absolute Gasteiger partial charge is 0.243 e. The Balaban J connectivity index is 2.95. The minimum atomic E-state index is -3.43. The molecule has 0 fully saturated rings. The quantitative estimate of drug-likeness (QED) is 0.796. The number of benzene rings is 1. The van der Waals surface area contributed by atoms with E-state index in [0.29, 0.717) is 17.5 Å². The van der Waals surface area contributed by atoms with Gasteiger partial charge < -0.3 is 5.32 Å². The second kappa shape index (κ2) is 8.17. The zero-order valence-corrected chi connectivity index (χ0v) is 15.1. The molecule has 1 aromatic rings. The molecule has 21 heavy (non-hydrogen) atoms. The van der Waals surface area contributed by atoms with Crippen LogP contribution in [0.25, 0.3) is 0 Å². The van der Waals surface area contributed by atoms with Gasteiger partial charge in [-0.25, -0.2) is 8.42 Å². The Morgan fingerprint density at radius 1 is 1.29 bits per heavy atom. The van der Waals surface area contributed by atoms with Crippen molar-refractivity contribution in [3.8, 4) is 0 Å². The molecule has 0 bridgehead atoms. The van der Waals surface area contributed by atoms with Crippen molar-refractivity contribution in [3.63, 3.8) is 0 Å². The maximum atomic E-state index is 12.6. The van der Waals surface area contributed by atoms with Crippen molar-refractivity contribution in [2.24, 2.45) is 0 Å². The number of hydrogen-bond donors (Lipinski definition) is 1. The highest BCUT2D eigenvalue weighted by Crippen LogP contribution is 2.19. The van der Waals surface area contributed by atoms with Gasteiger partial charge in [0, 0.05) is 31.4 Å². The Morgan fingerprint density at radius 3 is 2.52 bits per heavy atom. The summed E-state index contributed by atoms with van der Waals surface area (Å²) < 4.78 is 26.7. The summed E-state index contributed by atoms with van der Waals surface area (Å²) in [7, 11) is -1.78. The van der Waals surface area contributed by atoms with Crippen LogP contribution >= 0.6 is 11.8 Å². The SMILES string of the molecule is CSCC(C)N(C)S(=O)(=O)c1cccc(CNC(C)C)c1. The fraction of sp³-hybridized carbons (Fsp3) is 0.600. The fourth-order valence-corrected chi connectivity index (χ4v) is 4.12. The molecular formula is C15H26N2O2S2. The molecule has 0 aliphatic rings. The van der Waals surface area contributed by atoms with Crippen LogP contribution in [0.15, 0.2) is 29.2 Å². The molecule has 0 radical (unpaired) electrons. The minimum absolute atomic E-state index is 0.0255. The van der Waals surface area contributed by atoms with E-state index in [-0.39, 0.29) is 6.04 Å². The molecule has 6 heteroatoms. The maximum absolute atomic E-state index is 12.6. The predicted molar refractivity (Wildman–Crippen MR) is 91.2 cm³/mol. The van der Waals surface area contributed by atoms with E-state index < -0.39 is 10.0 Å². The lowest BCUT2D eigenvalue weighted by atomic mass is 10.2. The van der Waals surface area contributed by atoms with Crippen LogP contribution in [0.1, 0.15) is 26.3 Å². The predicted octanol–water partition coefficient (Wildman–Crippen LogP) is 2.56. The van der Waals surface area contributed by atoms with E-state index in [1.54, 1.807) is 37.0 Å². The molecule has 0 saturated heterocycles. The van der Waals surface area contributed by atoms with Gasteiger partial charge in [-0.05, 0) is 30.9 Å². The molecule has 4 nitrogen and oxygen atoms in total. The van der Waals surface area contributed by atoms with E-state index in [1.807, 2.05) is 19.2 Å². The molecule has 0 spiro atoms. The molecule has 1 rings (SSSR count). The van der Waals surface area contributed by atoms with Crippen LogP contribution in [0.2, 0.25) is 0 Å². The first kappa shape index (κ1) is 18.5. The molecule has 1 unspecified atom stereocenters. The normalized spacial score (nSPS) is 13.9. The molecule has 0 heterocycles. The number of nitrogens with one attached hydrogen (secondary N) is 1. The summed E-state index contributed by atoms with van der Waals surface area (Å²) in [5, 5.41) is 3.30. The Labute approximate surface area is 133 Å². The first-order valence-corrected chi connectivity index (χ1v) is 9.91. The van der Waals surface area contributed by atoms with Gasteiger partial charge in [-0.1, -0.05) is 26.0 Å². The summed E-state index contributed by atoms with van der Waals surface area (Å²) in [4.78, 5) is 0.362. The Bertz CT molecular complexity index is 544. The second-order valence-electron chi connectivity index (χ2n) is 5.51. The number of nitrogens with zero attached hydrogens (tertiary/aromatic N) is 1. The second-order valence-corrected chi connectivity index (χ2v) is 8.42. The van der Waals surface area contributed by atoms with E-state index >= 15 is 0 Å². The monoisotopic (exact) mass is 330 g/mol. The molecule has 0 aliphatic carbocycles. The van der Waals surface area contributed by atoms with Gasteiger partial charge in [0.05, 0.1) is 4.90 Å². The molecule has 0 saturated carbocycles. The van der Waals surface area contributed by atoms with E-state index in [4.69, 9.17) is 0 Å². The molecule has 1 atom stereocenters. The van der Waals surface area contributed by atoms with Gasteiger partial charge in [-0.15, -0.1) is 0 Å². The summed E-state index contributed by atoms with van der Waals surface area (Å²) in [6.07, 6.45) is 1.98. The summed E-state index contributed by atoms with van der Waals surface area (Å²) in [6.45, 7) is 6.74. The van der Waals surface area contributed by atoms with Gasteiger partial charge in [0.2, 0.25) is 10.0 Å². The van der Waals surface area contributed by atoms with Crippen LogP contribution in [0, 0.1) is 0 Å². The maximum Gasteiger partial charge on any atom is 0.243 e. The number of rotatable bonds is 8. The van der Waals surface area contributed by atoms with Crippen LogP contribution in [-0.4, -0.2) is 43.9 Å². The molecular weight excluding hydrogens is 304 g/mol. The van der Waals surface area contributed by atoms with Crippen LogP contribution in [0.4, 0.5) is 0 Å². The third-order valence-corrected chi connectivity index (χ3v) is 6.10. The van der Waals surface area contributed by atoms with Gasteiger partial charge >= 0.3 is 0 Å². The molecule has 120 valence electrons. The summed E-state index contributed by atoms with van der Waals surface area (Å²) in [6, 6.07) is 7.51. The van der Waals surface area contributed by atoms with Crippen molar-refractivity contribution >= 4 is 21.8 Å². The zero-order chi connectivity index (χ0) is 16.0. The first-order chi connectivity index (χ1) is 9.78. The Hall–Kier alpha value is -0.560. The van der Waals surface area contributed by atoms with Crippen LogP contribution in [0.3, 0.4) is 0 Å². The van der Waals surface area contributed by atoms with Gasteiger partial charge in [-0.3, -0.25) is 0 Å². The van der Waals surface area contributed by atoms with E-state index in [0.717, 1.165) is 11.3 Å². The van der Waals surface area contributed by atoms with Crippen LogP contribution in [0.5, 0.6) is 0 Å². The highest BCUT2D eigenvalue weighted by Gasteiger charge is 2.25. The van der Waals surface area contributed by atoms with E-state index in [9.17, 15) is 8.42 Å². The van der Waals surface area contributed by atoms with Crippen molar-refractivity contribution in [1.29, 1.82) is 0 Å². The van der Waals surface area contributed by atoms with Crippen molar-refractivity contribution < 1.29 is 8.42 Å². The van der Waals surface area contributed by atoms with E-state index in [1.165, 1.54) is 4.31 Å². The summed E-state index contributed by atoms with van der Waals surface area (Å²) in [5.74, 6) is 0.782. The van der Waals surface area contributed by atoms with Crippen molar-refractivity contribution in [2.75, 3.05) is 19.1 Å². The molecule has 1 N–H and O–H groups in total. The third kappa shape index (κ3) is 5.29. The summed E-state index contributed by atoms with van der Waals surface area (Å²) in [5.41, 5.74) is 0.982. The number of thioether (sulfide) groups is 1. The molecule has 1 aromatic carbocycles. The zero-order valence-electron chi connectivity index (χ0n) is 13.5. The number of hydrogen-bond acceptors (Lipinski definition) is 4. The molecule has 0 aliphatic heterocycles. The molecule has 0 amide bonds. The Kier molecular flexibility index (Phi) is 7.20. The van der Waals surface area contributed by atoms with Crippen LogP contribution < -0.4 is 5.32 Å². The standard InChI is InChI=1S/C15H26N2O2S2/c1-12(2)16-10-14-7-6-8-15(9-14)21(18,19)17(4)13(3)11-20-5/h6-9,12-13,16H,10-11H2,1-5H3. The molecule has 0 aromatic heterocycles. The first-order valence-electron chi connectivity index (χ1n) is 7.08. The fourth-order valence-electron chi connectivity index (χ4n) is 1.89. The third-order valence-electron chi connectivity index (χ3n) is 3.32. The highest BCUT2D eigenvalue weighted by atomic mass is 32.2. The van der Waals surface area contributed by atoms with Crippen molar-refractivity contribution in [3.05, 3.63) is 29.8 Å². The largest absolute Gasteiger partial charge is 0.310 e. The van der Waals surface area contributed by atoms with Crippen molar-refractivity contribution in [2.45, 2.75) is 44.3 Å². The van der Waals surface area contributed by atoms with Gasteiger partial charge in [-0.2, -0.15) is 16.1 Å². The van der Waals surface area contributed by atoms with Gasteiger partial charge in [0.25, 0.3) is 0 Å². The topological polar surface area (TPSA) is 49.4 Å². The van der Waals surface area contributed by atoms with Gasteiger partial charge in [0.1, 0.15) is 0 Å². The average molecular weight is 331 g/mol. The average Bonchev–Trinajstić information content (AvgIpc) is 2.44. The summed E-state index contributed by atoms with van der Waals surface area (Å²) >= 11 is 1.65. The lowest BCUT2D eigenvalue weighted by Gasteiger charge is -2.24. The van der Waals surface area contributed by atoms with Gasteiger partial charge in [0.15, 0.2) is 0 Å². The van der Waals surface area contributed by atoms with E-state index in [2.05, 4.69) is 19.2 Å². The lowest BCUT2D eigenvalue weighted by Crippen LogP contribution is -2.36. The minimum Gasteiger partial charge on any atom is -0.310 e. The Morgan fingerprint density at radius 2 is 1.95 bits per heavy atom. The van der Waals surface area contributed by atoms with Crippen LogP contribution in [-0.2, 0) is 16.6 Å². The highest BCUT2D eigenvalue weighted by molar-refractivity contribution is 7.98.